The van der Waals surface area contributed by atoms with Crippen LogP contribution in [0.2, 0.25) is 19.6 Å². The second-order valence-electron chi connectivity index (χ2n) is 7.84. The summed E-state index contributed by atoms with van der Waals surface area (Å²) in [5.74, 6) is 3.69. The Morgan fingerprint density at radius 1 is 1.04 bits per heavy atom. The number of hydrogen-bond donors (Lipinski definition) is 0. The first-order valence-corrected chi connectivity index (χ1v) is 11.9. The highest BCUT2D eigenvalue weighted by Crippen LogP contribution is 2.57. The monoisotopic (exact) mass is 331 g/mol. The van der Waals surface area contributed by atoms with Crippen LogP contribution in [0.1, 0.15) is 34.3 Å². The lowest BCUT2D eigenvalue weighted by Gasteiger charge is -2.32. The van der Waals surface area contributed by atoms with E-state index in [0.717, 1.165) is 16.8 Å². The number of carbonyl (C=O) groups is 1. The van der Waals surface area contributed by atoms with Crippen LogP contribution < -0.4 is 4.90 Å². The topological polar surface area (TPSA) is 20.3 Å². The van der Waals surface area contributed by atoms with E-state index >= 15 is 0 Å². The highest BCUT2D eigenvalue weighted by molar-refractivity contribution is 6.83. The van der Waals surface area contributed by atoms with Crippen molar-refractivity contribution in [3.63, 3.8) is 0 Å². The number of nitrogens with zero attached hydrogens (tertiary/aromatic N) is 1. The van der Waals surface area contributed by atoms with Crippen LogP contribution in [0.25, 0.3) is 0 Å². The third kappa shape index (κ3) is 1.93. The molecule has 0 N–H and O–H groups in total. The van der Waals surface area contributed by atoms with Crippen molar-refractivity contribution in [1.82, 2.24) is 0 Å². The van der Waals surface area contributed by atoms with Gasteiger partial charge in [0.15, 0.2) is 0 Å². The molecule has 2 heterocycles. The predicted molar refractivity (Wildman–Crippen MR) is 101 cm³/mol. The summed E-state index contributed by atoms with van der Waals surface area (Å²) in [4.78, 5) is 15.0. The second kappa shape index (κ2) is 4.84. The molecule has 2 atom stereocenters. The first-order valence-electron chi connectivity index (χ1n) is 8.40. The van der Waals surface area contributed by atoms with Gasteiger partial charge in [-0.3, -0.25) is 9.69 Å². The molecule has 0 spiro atoms. The van der Waals surface area contributed by atoms with Crippen LogP contribution in [0.5, 0.6) is 0 Å². The van der Waals surface area contributed by atoms with Crippen LogP contribution in [0.3, 0.4) is 0 Å². The van der Waals surface area contributed by atoms with Crippen molar-refractivity contribution in [1.29, 1.82) is 0 Å². The number of para-hydroxylation sites is 1. The average Bonchev–Trinajstić information content (AvgIpc) is 2.92. The SMILES string of the molecule is C[C@]12c3ccccc3C(=O)N1c1ccccc1[C@H]2C#C[Si](C)(C)C. The lowest BCUT2D eigenvalue weighted by Crippen LogP contribution is -2.40. The maximum atomic E-state index is 13.1. The minimum Gasteiger partial charge on any atom is -0.296 e. The van der Waals surface area contributed by atoms with E-state index in [0.29, 0.717) is 0 Å². The van der Waals surface area contributed by atoms with Crippen molar-refractivity contribution in [3.8, 4) is 11.5 Å². The Labute approximate surface area is 144 Å². The molecule has 2 aromatic carbocycles. The maximum absolute atomic E-state index is 13.1. The number of hydrogen-bond acceptors (Lipinski definition) is 1. The maximum Gasteiger partial charge on any atom is 0.259 e. The molecule has 0 fully saturated rings. The summed E-state index contributed by atoms with van der Waals surface area (Å²) in [6, 6.07) is 16.2. The standard InChI is InChI=1S/C21H21NOSi/c1-21-17-11-7-5-10-16(17)20(23)22(21)19-12-8-6-9-15(19)18(21)13-14-24(2,3)4/h5-12,18H,1-4H3/t18-,21-/m1/s1. The molecule has 2 aliphatic heterocycles. The Morgan fingerprint density at radius 3 is 2.46 bits per heavy atom. The van der Waals surface area contributed by atoms with Gasteiger partial charge in [-0.1, -0.05) is 62.0 Å². The van der Waals surface area contributed by atoms with E-state index in [4.69, 9.17) is 0 Å². The number of fused-ring (bicyclic) bond motifs is 5. The molecule has 1 amide bonds. The summed E-state index contributed by atoms with van der Waals surface area (Å²) in [7, 11) is -1.50. The minimum atomic E-state index is -1.50. The normalized spacial score (nSPS) is 24.1. The summed E-state index contributed by atoms with van der Waals surface area (Å²) in [6.07, 6.45) is 0. The first-order chi connectivity index (χ1) is 11.3. The molecule has 4 rings (SSSR count). The molecule has 2 aliphatic rings. The fourth-order valence-electron chi connectivity index (χ4n) is 3.95. The van der Waals surface area contributed by atoms with E-state index in [1.165, 1.54) is 5.56 Å². The van der Waals surface area contributed by atoms with E-state index in [1.807, 2.05) is 41.3 Å². The van der Waals surface area contributed by atoms with Gasteiger partial charge in [0.1, 0.15) is 8.07 Å². The molecular weight excluding hydrogens is 310 g/mol. The van der Waals surface area contributed by atoms with Gasteiger partial charge in [-0.05, 0) is 30.2 Å². The van der Waals surface area contributed by atoms with E-state index in [1.54, 1.807) is 0 Å². The van der Waals surface area contributed by atoms with Crippen LogP contribution in [0.15, 0.2) is 48.5 Å². The quantitative estimate of drug-likeness (QED) is 0.513. The van der Waals surface area contributed by atoms with E-state index in [9.17, 15) is 4.79 Å². The van der Waals surface area contributed by atoms with Crippen LogP contribution in [0.4, 0.5) is 5.69 Å². The van der Waals surface area contributed by atoms with Gasteiger partial charge >= 0.3 is 0 Å². The fourth-order valence-corrected chi connectivity index (χ4v) is 4.53. The zero-order chi connectivity index (χ0) is 17.1. The molecule has 0 unspecified atom stereocenters. The number of rotatable bonds is 0. The zero-order valence-corrected chi connectivity index (χ0v) is 15.6. The smallest absolute Gasteiger partial charge is 0.259 e. The Morgan fingerprint density at radius 2 is 1.71 bits per heavy atom. The van der Waals surface area contributed by atoms with Crippen molar-refractivity contribution in [2.45, 2.75) is 38.0 Å². The third-order valence-corrected chi connectivity index (χ3v) is 5.91. The van der Waals surface area contributed by atoms with Gasteiger partial charge in [0, 0.05) is 11.3 Å². The van der Waals surface area contributed by atoms with Crippen molar-refractivity contribution < 1.29 is 4.79 Å². The highest BCUT2D eigenvalue weighted by Gasteiger charge is 2.57. The predicted octanol–water partition coefficient (Wildman–Crippen LogP) is 4.54. The summed E-state index contributed by atoms with van der Waals surface area (Å²) >= 11 is 0. The third-order valence-electron chi connectivity index (χ3n) is 5.01. The largest absolute Gasteiger partial charge is 0.296 e. The Kier molecular flexibility index (Phi) is 3.07. The molecule has 0 aliphatic carbocycles. The Balaban J connectivity index is 1.99. The van der Waals surface area contributed by atoms with E-state index in [2.05, 4.69) is 50.2 Å². The molecule has 0 saturated heterocycles. The summed E-state index contributed by atoms with van der Waals surface area (Å²) in [6.45, 7) is 8.94. The summed E-state index contributed by atoms with van der Waals surface area (Å²) < 4.78 is 0. The molecule has 3 heteroatoms. The molecule has 0 aromatic heterocycles. The van der Waals surface area contributed by atoms with Gasteiger partial charge < -0.3 is 0 Å². The Bertz CT molecular complexity index is 915. The van der Waals surface area contributed by atoms with Crippen molar-refractivity contribution in [3.05, 3.63) is 65.2 Å². The zero-order valence-electron chi connectivity index (χ0n) is 14.6. The molecule has 2 nitrogen and oxygen atoms in total. The molecule has 120 valence electrons. The molecule has 0 saturated carbocycles. The molecular formula is C21H21NOSi. The van der Waals surface area contributed by atoms with Crippen molar-refractivity contribution in [2.75, 3.05) is 4.90 Å². The van der Waals surface area contributed by atoms with Gasteiger partial charge in [-0.2, -0.15) is 0 Å². The van der Waals surface area contributed by atoms with Gasteiger partial charge in [0.05, 0.1) is 11.5 Å². The average molecular weight is 331 g/mol. The van der Waals surface area contributed by atoms with Gasteiger partial charge in [-0.25, -0.2) is 0 Å². The van der Waals surface area contributed by atoms with E-state index < -0.39 is 13.6 Å². The number of anilines is 1. The summed E-state index contributed by atoms with van der Waals surface area (Å²) in [5, 5.41) is 0. The van der Waals surface area contributed by atoms with Gasteiger partial charge in [-0.15, -0.1) is 5.54 Å². The lowest BCUT2D eigenvalue weighted by atomic mass is 9.79. The summed E-state index contributed by atoms with van der Waals surface area (Å²) in [5.41, 5.74) is 7.22. The number of benzene rings is 2. The van der Waals surface area contributed by atoms with Crippen LogP contribution in [-0.2, 0) is 5.54 Å². The first kappa shape index (κ1) is 15.2. The van der Waals surface area contributed by atoms with Crippen LogP contribution in [0, 0.1) is 11.5 Å². The molecule has 0 bridgehead atoms. The van der Waals surface area contributed by atoms with Crippen molar-refractivity contribution in [2.24, 2.45) is 0 Å². The van der Waals surface area contributed by atoms with Crippen LogP contribution in [-0.4, -0.2) is 14.0 Å². The molecule has 24 heavy (non-hydrogen) atoms. The lowest BCUT2D eigenvalue weighted by molar-refractivity contribution is 0.0982. The van der Waals surface area contributed by atoms with Crippen LogP contribution >= 0.6 is 0 Å². The number of amides is 1. The van der Waals surface area contributed by atoms with Crippen molar-refractivity contribution >= 4 is 19.7 Å². The number of carbonyl (C=O) groups excluding carboxylic acids is 1. The molecule has 0 radical (unpaired) electrons. The van der Waals surface area contributed by atoms with Gasteiger partial charge in [0.25, 0.3) is 5.91 Å². The fraction of sp³-hybridized carbons (Fsp3) is 0.286. The Hall–Kier alpha value is -2.31. The molecule has 2 aromatic rings. The minimum absolute atomic E-state index is 0.0213. The highest BCUT2D eigenvalue weighted by atomic mass is 28.3. The van der Waals surface area contributed by atoms with E-state index in [-0.39, 0.29) is 11.8 Å². The second-order valence-corrected chi connectivity index (χ2v) is 12.6. The van der Waals surface area contributed by atoms with Gasteiger partial charge in [0.2, 0.25) is 0 Å².